The third-order valence-electron chi connectivity index (χ3n) is 5.42. The van der Waals surface area contributed by atoms with Gasteiger partial charge in [-0.2, -0.15) is 0 Å². The molecule has 3 heterocycles. The summed E-state index contributed by atoms with van der Waals surface area (Å²) in [6.45, 7) is 2.04. The van der Waals surface area contributed by atoms with Crippen molar-refractivity contribution in [2.75, 3.05) is 19.6 Å². The molecule has 0 bridgehead atoms. The van der Waals surface area contributed by atoms with Crippen LogP contribution in [0, 0.1) is 11.8 Å². The first-order valence-corrected chi connectivity index (χ1v) is 11.0. The van der Waals surface area contributed by atoms with Crippen LogP contribution in [0.4, 0.5) is 0 Å². The number of aromatic nitrogens is 2. The number of amides is 2. The van der Waals surface area contributed by atoms with Crippen LogP contribution in [0.3, 0.4) is 0 Å². The molecule has 4 rings (SSSR count). The van der Waals surface area contributed by atoms with Gasteiger partial charge in [-0.1, -0.05) is 0 Å². The van der Waals surface area contributed by atoms with Gasteiger partial charge in [-0.3, -0.25) is 14.6 Å². The molecule has 1 N–H and O–H groups in total. The average molecular weight is 399 g/mol. The molecule has 1 aliphatic carbocycles. The fourth-order valence-corrected chi connectivity index (χ4v) is 4.51. The number of piperidine rings is 1. The molecule has 2 aromatic heterocycles. The van der Waals surface area contributed by atoms with E-state index in [9.17, 15) is 9.59 Å². The number of likely N-dealkylation sites (tertiary alicyclic amines) is 1. The van der Waals surface area contributed by atoms with Crippen molar-refractivity contribution in [2.24, 2.45) is 11.8 Å². The zero-order valence-corrected chi connectivity index (χ0v) is 16.8. The lowest BCUT2D eigenvalue weighted by atomic mass is 9.96. The third-order valence-corrected chi connectivity index (χ3v) is 6.33. The maximum atomic E-state index is 12.5. The molecule has 1 aliphatic heterocycles. The van der Waals surface area contributed by atoms with Gasteiger partial charge in [0.05, 0.1) is 16.6 Å². The van der Waals surface area contributed by atoms with E-state index in [0.29, 0.717) is 13.1 Å². The van der Waals surface area contributed by atoms with Gasteiger partial charge < -0.3 is 10.2 Å². The normalized spacial score (nSPS) is 19.4. The number of nitrogens with one attached hydrogen (secondary N) is 1. The topological polar surface area (TPSA) is 75.2 Å². The van der Waals surface area contributed by atoms with Crippen LogP contribution in [-0.4, -0.2) is 46.3 Å². The van der Waals surface area contributed by atoms with Crippen LogP contribution in [0.1, 0.15) is 37.1 Å². The lowest BCUT2D eigenvalue weighted by Crippen LogP contribution is -2.46. The van der Waals surface area contributed by atoms with Gasteiger partial charge in [-0.05, 0) is 44.2 Å². The number of aryl methyl sites for hydroxylation is 1. The second-order valence-electron chi connectivity index (χ2n) is 7.65. The number of pyridine rings is 1. The predicted octanol–water partition coefficient (Wildman–Crippen LogP) is 2.90. The Bertz CT molecular complexity index is 819. The number of hydrogen-bond donors (Lipinski definition) is 1. The van der Waals surface area contributed by atoms with Crippen LogP contribution < -0.4 is 5.32 Å². The SMILES string of the molecule is O=C(NCCCc1nc(-c2ccncc2)cs1)C1CCCN(C(=O)C2CC2)C1. The lowest BCUT2D eigenvalue weighted by molar-refractivity contribution is -0.136. The zero-order valence-electron chi connectivity index (χ0n) is 16.0. The molecule has 7 heteroatoms. The Balaban J connectivity index is 1.19. The number of nitrogens with zero attached hydrogens (tertiary/aromatic N) is 3. The number of carbonyl (C=O) groups excluding carboxylic acids is 2. The molecule has 0 radical (unpaired) electrons. The van der Waals surface area contributed by atoms with Crippen molar-refractivity contribution < 1.29 is 9.59 Å². The Morgan fingerprint density at radius 3 is 2.79 bits per heavy atom. The van der Waals surface area contributed by atoms with Gasteiger partial charge in [0.15, 0.2) is 0 Å². The Kier molecular flexibility index (Phi) is 6.00. The largest absolute Gasteiger partial charge is 0.356 e. The minimum atomic E-state index is -0.0606. The summed E-state index contributed by atoms with van der Waals surface area (Å²) >= 11 is 1.65. The lowest BCUT2D eigenvalue weighted by Gasteiger charge is -2.32. The minimum Gasteiger partial charge on any atom is -0.356 e. The van der Waals surface area contributed by atoms with Gasteiger partial charge in [0.1, 0.15) is 0 Å². The molecule has 28 heavy (non-hydrogen) atoms. The van der Waals surface area contributed by atoms with Gasteiger partial charge in [0, 0.05) is 55.3 Å². The highest BCUT2D eigenvalue weighted by Crippen LogP contribution is 2.32. The molecule has 0 spiro atoms. The Morgan fingerprint density at radius 1 is 1.18 bits per heavy atom. The average Bonchev–Trinajstić information content (AvgIpc) is 3.49. The number of carbonyl (C=O) groups is 2. The van der Waals surface area contributed by atoms with Gasteiger partial charge in [-0.15, -0.1) is 11.3 Å². The summed E-state index contributed by atoms with van der Waals surface area (Å²) in [6, 6.07) is 3.92. The molecule has 2 fully saturated rings. The Labute approximate surface area is 169 Å². The first-order valence-electron chi connectivity index (χ1n) is 10.1. The Morgan fingerprint density at radius 2 is 2.00 bits per heavy atom. The van der Waals surface area contributed by atoms with E-state index in [4.69, 9.17) is 0 Å². The van der Waals surface area contributed by atoms with E-state index in [-0.39, 0.29) is 23.7 Å². The second-order valence-corrected chi connectivity index (χ2v) is 8.60. The highest BCUT2D eigenvalue weighted by Gasteiger charge is 2.36. The molecule has 2 aliphatic rings. The molecule has 0 aromatic carbocycles. The van der Waals surface area contributed by atoms with E-state index >= 15 is 0 Å². The highest BCUT2D eigenvalue weighted by atomic mass is 32.1. The van der Waals surface area contributed by atoms with Crippen LogP contribution in [0.2, 0.25) is 0 Å². The van der Waals surface area contributed by atoms with Crippen molar-refractivity contribution in [2.45, 2.75) is 38.5 Å². The molecule has 148 valence electrons. The second kappa shape index (κ2) is 8.82. The number of thiazole rings is 1. The highest BCUT2D eigenvalue weighted by molar-refractivity contribution is 7.09. The van der Waals surface area contributed by atoms with E-state index in [2.05, 4.69) is 20.7 Å². The van der Waals surface area contributed by atoms with Crippen molar-refractivity contribution in [3.05, 3.63) is 34.9 Å². The molecule has 1 unspecified atom stereocenters. The van der Waals surface area contributed by atoms with E-state index in [1.165, 1.54) is 0 Å². The molecule has 1 saturated heterocycles. The Hall–Kier alpha value is -2.28. The zero-order chi connectivity index (χ0) is 19.3. The van der Waals surface area contributed by atoms with Gasteiger partial charge >= 0.3 is 0 Å². The van der Waals surface area contributed by atoms with Gasteiger partial charge in [-0.25, -0.2) is 4.98 Å². The van der Waals surface area contributed by atoms with Crippen molar-refractivity contribution in [1.29, 1.82) is 0 Å². The van der Waals surface area contributed by atoms with E-state index in [1.807, 2.05) is 17.0 Å². The molecule has 6 nitrogen and oxygen atoms in total. The van der Waals surface area contributed by atoms with Crippen LogP contribution >= 0.6 is 11.3 Å². The maximum Gasteiger partial charge on any atom is 0.225 e. The van der Waals surface area contributed by atoms with Crippen molar-refractivity contribution in [1.82, 2.24) is 20.2 Å². The quantitative estimate of drug-likeness (QED) is 0.728. The van der Waals surface area contributed by atoms with Crippen LogP contribution in [0.15, 0.2) is 29.9 Å². The number of hydrogen-bond acceptors (Lipinski definition) is 5. The summed E-state index contributed by atoms with van der Waals surface area (Å²) in [5.74, 6) is 0.517. The monoisotopic (exact) mass is 398 g/mol. The van der Waals surface area contributed by atoms with Crippen LogP contribution in [0.5, 0.6) is 0 Å². The molecule has 1 saturated carbocycles. The summed E-state index contributed by atoms with van der Waals surface area (Å²) in [5, 5.41) is 6.21. The molecule has 2 amide bonds. The molecular weight excluding hydrogens is 372 g/mol. The van der Waals surface area contributed by atoms with Crippen LogP contribution in [-0.2, 0) is 16.0 Å². The summed E-state index contributed by atoms with van der Waals surface area (Å²) in [7, 11) is 0. The summed E-state index contributed by atoms with van der Waals surface area (Å²) in [4.78, 5) is 35.3. The standard InChI is InChI=1S/C21H26N4O2S/c26-20(17-3-2-12-25(13-17)21(27)16-5-6-16)23-9-1-4-19-24-18(14-28-19)15-7-10-22-11-8-15/h7-8,10-11,14,16-17H,1-6,9,12-13H2,(H,23,26). The summed E-state index contributed by atoms with van der Waals surface area (Å²) in [5.41, 5.74) is 2.06. The van der Waals surface area contributed by atoms with Crippen molar-refractivity contribution in [3.63, 3.8) is 0 Å². The first-order chi connectivity index (χ1) is 13.7. The molecular formula is C21H26N4O2S. The van der Waals surface area contributed by atoms with Gasteiger partial charge in [0.25, 0.3) is 0 Å². The van der Waals surface area contributed by atoms with Gasteiger partial charge in [0.2, 0.25) is 11.8 Å². The minimum absolute atomic E-state index is 0.0606. The smallest absolute Gasteiger partial charge is 0.225 e. The third kappa shape index (κ3) is 4.76. The predicted molar refractivity (Wildman–Crippen MR) is 109 cm³/mol. The first kappa shape index (κ1) is 19.1. The van der Waals surface area contributed by atoms with Crippen LogP contribution in [0.25, 0.3) is 11.3 Å². The summed E-state index contributed by atoms with van der Waals surface area (Å²) in [6.07, 6.45) is 9.11. The van der Waals surface area contributed by atoms with Crippen molar-refractivity contribution >= 4 is 23.2 Å². The molecule has 2 aromatic rings. The fraction of sp³-hybridized carbons (Fsp3) is 0.524. The van der Waals surface area contributed by atoms with Crippen molar-refractivity contribution in [3.8, 4) is 11.3 Å². The molecule has 1 atom stereocenters. The van der Waals surface area contributed by atoms with E-state index in [1.54, 1.807) is 23.7 Å². The van der Waals surface area contributed by atoms with E-state index in [0.717, 1.165) is 61.3 Å². The number of rotatable bonds is 7. The maximum absolute atomic E-state index is 12.5. The van der Waals surface area contributed by atoms with E-state index < -0.39 is 0 Å². The fourth-order valence-electron chi connectivity index (χ4n) is 3.66. The summed E-state index contributed by atoms with van der Waals surface area (Å²) < 4.78 is 0.